The maximum atomic E-state index is 12.9. The van der Waals surface area contributed by atoms with Crippen LogP contribution in [-0.2, 0) is 17.9 Å². The molecule has 35 heavy (non-hydrogen) atoms. The van der Waals surface area contributed by atoms with Crippen molar-refractivity contribution in [2.45, 2.75) is 31.8 Å². The van der Waals surface area contributed by atoms with E-state index in [2.05, 4.69) is 10.6 Å². The lowest BCUT2D eigenvalue weighted by molar-refractivity contribution is -0.128. The van der Waals surface area contributed by atoms with Crippen molar-refractivity contribution in [1.82, 2.24) is 14.5 Å². The molecule has 1 aliphatic heterocycles. The number of halogens is 1. The molecule has 0 N–H and O–H groups in total. The first-order valence-corrected chi connectivity index (χ1v) is 12.2. The van der Waals surface area contributed by atoms with E-state index < -0.39 is 0 Å². The molecule has 0 aliphatic carbocycles. The summed E-state index contributed by atoms with van der Waals surface area (Å²) in [5.41, 5.74) is 3.14. The second-order valence-electron chi connectivity index (χ2n) is 8.79. The van der Waals surface area contributed by atoms with Gasteiger partial charge in [-0.1, -0.05) is 35.9 Å². The van der Waals surface area contributed by atoms with E-state index in [1.807, 2.05) is 71.6 Å². The minimum absolute atomic E-state index is 0.0605. The molecule has 7 heteroatoms. The van der Waals surface area contributed by atoms with Crippen LogP contribution in [0.5, 0.6) is 11.5 Å². The van der Waals surface area contributed by atoms with E-state index in [0.717, 1.165) is 46.9 Å². The average molecular weight is 490 g/mol. The molecule has 180 valence electrons. The summed E-state index contributed by atoms with van der Waals surface area (Å²) in [5, 5.41) is 0.694. The van der Waals surface area contributed by atoms with Crippen molar-refractivity contribution < 1.29 is 14.3 Å². The van der Waals surface area contributed by atoms with Gasteiger partial charge in [0.05, 0.1) is 24.8 Å². The minimum atomic E-state index is 0.0605. The lowest BCUT2D eigenvalue weighted by atomic mass is 10.1. The molecule has 1 fully saturated rings. The maximum absolute atomic E-state index is 12.9. The Hall–Kier alpha value is -3.51. The van der Waals surface area contributed by atoms with Crippen LogP contribution in [-0.4, -0.2) is 40.6 Å². The number of benzene rings is 3. The van der Waals surface area contributed by atoms with Crippen LogP contribution in [0.2, 0.25) is 5.02 Å². The summed E-state index contributed by atoms with van der Waals surface area (Å²) in [6.45, 7) is 2.61. The van der Waals surface area contributed by atoms with Gasteiger partial charge < -0.3 is 18.9 Å². The van der Waals surface area contributed by atoms with Gasteiger partial charge in [-0.2, -0.15) is 0 Å². The Bertz CT molecular complexity index is 1300. The van der Waals surface area contributed by atoms with Gasteiger partial charge in [-0.3, -0.25) is 4.79 Å². The van der Waals surface area contributed by atoms with Crippen molar-refractivity contribution in [2.75, 3.05) is 20.3 Å². The van der Waals surface area contributed by atoms with Crippen LogP contribution in [0.15, 0.2) is 72.8 Å². The van der Waals surface area contributed by atoms with Crippen molar-refractivity contribution in [1.29, 1.82) is 0 Å². The molecule has 1 aromatic heterocycles. The Kier molecular flexibility index (Phi) is 6.91. The maximum Gasteiger partial charge on any atom is 0.223 e. The summed E-state index contributed by atoms with van der Waals surface area (Å²) < 4.78 is 13.4. The molecular formula is C28H28ClN3O3. The zero-order valence-corrected chi connectivity index (χ0v) is 20.4. The lowest BCUT2D eigenvalue weighted by Gasteiger charge is -2.18. The fraction of sp³-hybridized carbons (Fsp3) is 0.286. The van der Waals surface area contributed by atoms with Gasteiger partial charge in [-0.15, -0.1) is 0 Å². The molecule has 1 amide bonds. The molecule has 3 aromatic carbocycles. The molecular weight excluding hydrogens is 462 g/mol. The molecule has 1 unspecified atom stereocenters. The standard InChI is InChI=1S/C28H28ClN3O3/c1-34-23-11-7-20(8-12-23)18-31-19-21(17-27(31)33)28-30-25-5-2-3-6-26(25)32(28)15-4-16-35-24-13-9-22(29)10-14-24/h2-3,5-14,21H,4,15-19H2,1H3. The third-order valence-corrected chi connectivity index (χ3v) is 6.66. The molecule has 1 aliphatic rings. The number of carbonyl (C=O) groups is 1. The molecule has 1 atom stereocenters. The van der Waals surface area contributed by atoms with E-state index in [0.29, 0.717) is 31.1 Å². The number of ether oxygens (including phenoxy) is 2. The number of para-hydroxylation sites is 2. The Morgan fingerprint density at radius 3 is 2.51 bits per heavy atom. The van der Waals surface area contributed by atoms with Crippen molar-refractivity contribution in [3.8, 4) is 11.5 Å². The molecule has 1 saturated heterocycles. The van der Waals surface area contributed by atoms with Gasteiger partial charge in [-0.25, -0.2) is 4.98 Å². The number of hydrogen-bond acceptors (Lipinski definition) is 4. The number of hydrogen-bond donors (Lipinski definition) is 0. The Morgan fingerprint density at radius 1 is 1.00 bits per heavy atom. The topological polar surface area (TPSA) is 56.6 Å². The molecule has 2 heterocycles. The van der Waals surface area contributed by atoms with E-state index in [9.17, 15) is 4.79 Å². The molecule has 0 bridgehead atoms. The number of imidazole rings is 1. The van der Waals surface area contributed by atoms with Crippen LogP contribution in [0.3, 0.4) is 0 Å². The van der Waals surface area contributed by atoms with E-state index in [1.165, 1.54) is 0 Å². The first-order valence-electron chi connectivity index (χ1n) is 11.8. The highest BCUT2D eigenvalue weighted by Crippen LogP contribution is 2.31. The predicted octanol–water partition coefficient (Wildman–Crippen LogP) is 5.68. The normalized spacial score (nSPS) is 15.7. The van der Waals surface area contributed by atoms with E-state index in [1.54, 1.807) is 7.11 Å². The van der Waals surface area contributed by atoms with Crippen molar-refractivity contribution in [3.63, 3.8) is 0 Å². The number of fused-ring (bicyclic) bond motifs is 1. The summed E-state index contributed by atoms with van der Waals surface area (Å²) in [5.74, 6) is 2.82. The first kappa shape index (κ1) is 23.2. The third kappa shape index (κ3) is 5.28. The van der Waals surface area contributed by atoms with Gasteiger partial charge in [0.2, 0.25) is 5.91 Å². The number of rotatable bonds is 9. The molecule has 0 spiro atoms. The molecule has 0 saturated carbocycles. The van der Waals surface area contributed by atoms with Gasteiger partial charge >= 0.3 is 0 Å². The average Bonchev–Trinajstić information content (AvgIpc) is 3.43. The number of carbonyl (C=O) groups excluding carboxylic acids is 1. The number of amides is 1. The fourth-order valence-corrected chi connectivity index (χ4v) is 4.76. The largest absolute Gasteiger partial charge is 0.497 e. The van der Waals surface area contributed by atoms with Gasteiger partial charge in [0.1, 0.15) is 17.3 Å². The summed E-state index contributed by atoms with van der Waals surface area (Å²) in [4.78, 5) is 19.8. The summed E-state index contributed by atoms with van der Waals surface area (Å²) >= 11 is 5.96. The van der Waals surface area contributed by atoms with Crippen LogP contribution in [0.4, 0.5) is 0 Å². The predicted molar refractivity (Wildman–Crippen MR) is 137 cm³/mol. The second kappa shape index (κ2) is 10.4. The van der Waals surface area contributed by atoms with Crippen LogP contribution in [0.1, 0.15) is 30.1 Å². The van der Waals surface area contributed by atoms with Gasteiger partial charge in [0, 0.05) is 37.0 Å². The van der Waals surface area contributed by atoms with E-state index in [4.69, 9.17) is 26.1 Å². The second-order valence-corrected chi connectivity index (χ2v) is 9.23. The van der Waals surface area contributed by atoms with Crippen molar-refractivity contribution in [2.24, 2.45) is 0 Å². The number of likely N-dealkylation sites (tertiary alicyclic amines) is 1. The Labute approximate surface area is 210 Å². The smallest absolute Gasteiger partial charge is 0.223 e. The number of nitrogens with zero attached hydrogens (tertiary/aromatic N) is 3. The van der Waals surface area contributed by atoms with Gasteiger partial charge in [0.15, 0.2) is 0 Å². The zero-order chi connectivity index (χ0) is 24.2. The highest BCUT2D eigenvalue weighted by atomic mass is 35.5. The summed E-state index contributed by atoms with van der Waals surface area (Å²) in [6, 6.07) is 23.4. The Balaban J connectivity index is 1.29. The van der Waals surface area contributed by atoms with E-state index >= 15 is 0 Å². The minimum Gasteiger partial charge on any atom is -0.497 e. The summed E-state index contributed by atoms with van der Waals surface area (Å²) in [7, 11) is 1.65. The highest BCUT2D eigenvalue weighted by molar-refractivity contribution is 6.30. The van der Waals surface area contributed by atoms with Gasteiger partial charge in [0.25, 0.3) is 0 Å². The lowest BCUT2D eigenvalue weighted by Crippen LogP contribution is -2.24. The number of aryl methyl sites for hydroxylation is 1. The molecule has 6 nitrogen and oxygen atoms in total. The Morgan fingerprint density at radius 2 is 1.74 bits per heavy atom. The quantitative estimate of drug-likeness (QED) is 0.284. The van der Waals surface area contributed by atoms with E-state index in [-0.39, 0.29) is 11.8 Å². The van der Waals surface area contributed by atoms with Crippen molar-refractivity contribution in [3.05, 3.63) is 89.2 Å². The number of aromatic nitrogens is 2. The van der Waals surface area contributed by atoms with Crippen LogP contribution < -0.4 is 9.47 Å². The van der Waals surface area contributed by atoms with Gasteiger partial charge in [-0.05, 0) is 60.5 Å². The monoisotopic (exact) mass is 489 g/mol. The van der Waals surface area contributed by atoms with Crippen LogP contribution in [0.25, 0.3) is 11.0 Å². The fourth-order valence-electron chi connectivity index (χ4n) is 4.63. The zero-order valence-electron chi connectivity index (χ0n) is 19.7. The number of methoxy groups -OCH3 is 1. The first-order chi connectivity index (χ1) is 17.1. The molecule has 5 rings (SSSR count). The van der Waals surface area contributed by atoms with Crippen molar-refractivity contribution >= 4 is 28.5 Å². The third-order valence-electron chi connectivity index (χ3n) is 6.40. The highest BCUT2D eigenvalue weighted by Gasteiger charge is 2.34. The summed E-state index contributed by atoms with van der Waals surface area (Å²) in [6.07, 6.45) is 1.30. The van der Waals surface area contributed by atoms with Crippen LogP contribution >= 0.6 is 11.6 Å². The molecule has 0 radical (unpaired) electrons. The SMILES string of the molecule is COc1ccc(CN2CC(c3nc4ccccc4n3CCCOc3ccc(Cl)cc3)CC2=O)cc1. The molecule has 4 aromatic rings. The van der Waals surface area contributed by atoms with Crippen LogP contribution in [0, 0.1) is 0 Å².